The Kier molecular flexibility index (Phi) is 6.12. The molecule has 4 heteroatoms. The van der Waals surface area contributed by atoms with E-state index in [1.807, 2.05) is 32.0 Å². The molecule has 0 bridgehead atoms. The number of hydrogen-bond donors (Lipinski definition) is 1. The summed E-state index contributed by atoms with van der Waals surface area (Å²) in [6, 6.07) is 5.87. The molecule has 0 atom stereocenters. The first-order chi connectivity index (χ1) is 9.04. The Bertz CT molecular complexity index is 391. The molecule has 0 saturated heterocycles. The third-order valence-electron chi connectivity index (χ3n) is 3.20. The Hall–Kier alpha value is -1.26. The predicted molar refractivity (Wildman–Crippen MR) is 77.0 cm³/mol. The van der Waals surface area contributed by atoms with Gasteiger partial charge in [-0.15, -0.1) is 0 Å². The number of ether oxygens (including phenoxy) is 3. The number of hydrogen-bond acceptors (Lipinski definition) is 4. The molecule has 0 amide bonds. The average molecular weight is 267 g/mol. The topological polar surface area (TPSA) is 53.7 Å². The summed E-state index contributed by atoms with van der Waals surface area (Å²) in [5.41, 5.74) is 6.52. The van der Waals surface area contributed by atoms with Crippen molar-refractivity contribution < 1.29 is 14.2 Å². The van der Waals surface area contributed by atoms with Crippen LogP contribution < -0.4 is 15.2 Å². The zero-order valence-corrected chi connectivity index (χ0v) is 12.4. The van der Waals surface area contributed by atoms with Gasteiger partial charge in [-0.3, -0.25) is 0 Å². The molecule has 0 heterocycles. The van der Waals surface area contributed by atoms with Gasteiger partial charge in [0.25, 0.3) is 0 Å². The maximum absolute atomic E-state index is 5.89. The molecular weight excluding hydrogens is 242 g/mol. The maximum atomic E-state index is 5.89. The van der Waals surface area contributed by atoms with Crippen LogP contribution in [0.4, 0.5) is 0 Å². The first-order valence-electron chi connectivity index (χ1n) is 6.58. The van der Waals surface area contributed by atoms with Crippen molar-refractivity contribution in [3.8, 4) is 11.5 Å². The van der Waals surface area contributed by atoms with E-state index in [0.717, 1.165) is 29.9 Å². The van der Waals surface area contributed by atoms with Crippen molar-refractivity contribution in [1.29, 1.82) is 0 Å². The summed E-state index contributed by atoms with van der Waals surface area (Å²) in [5, 5.41) is 0. The number of nitrogens with two attached hydrogens (primary N) is 1. The summed E-state index contributed by atoms with van der Waals surface area (Å²) in [6.45, 7) is 5.25. The molecule has 0 aliphatic heterocycles. The van der Waals surface area contributed by atoms with Gasteiger partial charge in [-0.25, -0.2) is 0 Å². The van der Waals surface area contributed by atoms with Crippen molar-refractivity contribution in [2.45, 2.75) is 32.3 Å². The lowest BCUT2D eigenvalue weighted by atomic mass is 10.1. The highest BCUT2D eigenvalue weighted by atomic mass is 16.5. The molecule has 1 aromatic carbocycles. The van der Waals surface area contributed by atoms with Gasteiger partial charge >= 0.3 is 0 Å². The van der Waals surface area contributed by atoms with E-state index in [-0.39, 0.29) is 5.60 Å². The van der Waals surface area contributed by atoms with Gasteiger partial charge in [0.05, 0.1) is 19.3 Å². The van der Waals surface area contributed by atoms with Gasteiger partial charge in [-0.05, 0) is 38.4 Å². The number of methoxy groups -OCH3 is 2. The van der Waals surface area contributed by atoms with Crippen LogP contribution in [0.5, 0.6) is 11.5 Å². The van der Waals surface area contributed by atoms with Gasteiger partial charge in [-0.2, -0.15) is 0 Å². The van der Waals surface area contributed by atoms with Crippen LogP contribution in [-0.2, 0) is 11.2 Å². The second-order valence-electron chi connectivity index (χ2n) is 5.05. The third kappa shape index (κ3) is 4.73. The van der Waals surface area contributed by atoms with Gasteiger partial charge < -0.3 is 19.9 Å². The fraction of sp³-hybridized carbons (Fsp3) is 0.600. The van der Waals surface area contributed by atoms with E-state index in [2.05, 4.69) is 0 Å². The molecule has 4 nitrogen and oxygen atoms in total. The fourth-order valence-electron chi connectivity index (χ4n) is 1.74. The van der Waals surface area contributed by atoms with E-state index in [1.54, 1.807) is 14.2 Å². The number of benzene rings is 1. The SMILES string of the molecule is COc1cccc(CCN)c1OCCC(C)(C)OC. The Morgan fingerprint density at radius 2 is 1.95 bits per heavy atom. The molecule has 0 aromatic heterocycles. The molecule has 0 saturated carbocycles. The van der Waals surface area contributed by atoms with Crippen LogP contribution in [0.3, 0.4) is 0 Å². The lowest BCUT2D eigenvalue weighted by Gasteiger charge is -2.23. The molecule has 108 valence electrons. The molecular formula is C15H25NO3. The summed E-state index contributed by atoms with van der Waals surface area (Å²) >= 11 is 0. The van der Waals surface area contributed by atoms with Crippen LogP contribution in [0.1, 0.15) is 25.8 Å². The smallest absolute Gasteiger partial charge is 0.164 e. The van der Waals surface area contributed by atoms with Crippen molar-refractivity contribution in [3.63, 3.8) is 0 Å². The summed E-state index contributed by atoms with van der Waals surface area (Å²) in [4.78, 5) is 0. The first-order valence-corrected chi connectivity index (χ1v) is 6.58. The largest absolute Gasteiger partial charge is 0.493 e. The zero-order valence-electron chi connectivity index (χ0n) is 12.4. The van der Waals surface area contributed by atoms with Crippen LogP contribution in [0.15, 0.2) is 18.2 Å². The molecule has 2 N–H and O–H groups in total. The summed E-state index contributed by atoms with van der Waals surface area (Å²) in [5.74, 6) is 1.54. The Morgan fingerprint density at radius 3 is 2.53 bits per heavy atom. The predicted octanol–water partition coefficient (Wildman–Crippen LogP) is 2.39. The normalized spacial score (nSPS) is 11.4. The quantitative estimate of drug-likeness (QED) is 0.785. The van der Waals surface area contributed by atoms with E-state index >= 15 is 0 Å². The van der Waals surface area contributed by atoms with Crippen molar-refractivity contribution in [3.05, 3.63) is 23.8 Å². The van der Waals surface area contributed by atoms with Gasteiger partial charge in [0, 0.05) is 13.5 Å². The standard InChI is InChI=1S/C15H25NO3/c1-15(2,18-4)9-11-19-14-12(8-10-16)6-5-7-13(14)17-3/h5-7H,8-11,16H2,1-4H3. The summed E-state index contributed by atoms with van der Waals surface area (Å²) in [7, 11) is 3.36. The van der Waals surface area contributed by atoms with Crippen molar-refractivity contribution in [1.82, 2.24) is 0 Å². The molecule has 0 radical (unpaired) electrons. The monoisotopic (exact) mass is 267 g/mol. The third-order valence-corrected chi connectivity index (χ3v) is 3.20. The molecule has 0 fully saturated rings. The fourth-order valence-corrected chi connectivity index (χ4v) is 1.74. The minimum absolute atomic E-state index is 0.184. The van der Waals surface area contributed by atoms with Crippen molar-refractivity contribution in [2.24, 2.45) is 5.73 Å². The van der Waals surface area contributed by atoms with Gasteiger partial charge in [0.15, 0.2) is 11.5 Å². The Labute approximate surface area is 115 Å². The molecule has 1 aromatic rings. The van der Waals surface area contributed by atoms with Crippen molar-refractivity contribution in [2.75, 3.05) is 27.4 Å². The zero-order chi connectivity index (χ0) is 14.3. The van der Waals surface area contributed by atoms with Crippen LogP contribution in [0.2, 0.25) is 0 Å². The molecule has 0 aliphatic rings. The Balaban J connectivity index is 2.75. The second kappa shape index (κ2) is 7.36. The van der Waals surface area contributed by atoms with Crippen LogP contribution >= 0.6 is 0 Å². The van der Waals surface area contributed by atoms with E-state index in [9.17, 15) is 0 Å². The van der Waals surface area contributed by atoms with Crippen LogP contribution in [0, 0.1) is 0 Å². The highest BCUT2D eigenvalue weighted by molar-refractivity contribution is 5.46. The number of para-hydroxylation sites is 1. The van der Waals surface area contributed by atoms with Crippen LogP contribution in [-0.4, -0.2) is 33.0 Å². The molecule has 0 spiro atoms. The minimum atomic E-state index is -0.184. The molecule has 0 unspecified atom stereocenters. The molecule has 0 aliphatic carbocycles. The van der Waals surface area contributed by atoms with E-state index in [1.165, 1.54) is 0 Å². The second-order valence-corrected chi connectivity index (χ2v) is 5.05. The average Bonchev–Trinajstić information content (AvgIpc) is 2.40. The lowest BCUT2D eigenvalue weighted by molar-refractivity contribution is 0.00517. The molecule has 1 rings (SSSR count). The Morgan fingerprint density at radius 1 is 1.21 bits per heavy atom. The number of rotatable bonds is 8. The highest BCUT2D eigenvalue weighted by Gasteiger charge is 2.17. The lowest BCUT2D eigenvalue weighted by Crippen LogP contribution is -2.25. The minimum Gasteiger partial charge on any atom is -0.493 e. The van der Waals surface area contributed by atoms with E-state index in [0.29, 0.717) is 13.2 Å². The summed E-state index contributed by atoms with van der Waals surface area (Å²) < 4.78 is 16.6. The van der Waals surface area contributed by atoms with Gasteiger partial charge in [-0.1, -0.05) is 12.1 Å². The van der Waals surface area contributed by atoms with E-state index < -0.39 is 0 Å². The van der Waals surface area contributed by atoms with Crippen molar-refractivity contribution >= 4 is 0 Å². The highest BCUT2D eigenvalue weighted by Crippen LogP contribution is 2.31. The van der Waals surface area contributed by atoms with Gasteiger partial charge in [0.1, 0.15) is 0 Å². The van der Waals surface area contributed by atoms with E-state index in [4.69, 9.17) is 19.9 Å². The maximum Gasteiger partial charge on any atom is 0.164 e. The first kappa shape index (κ1) is 15.8. The summed E-state index contributed by atoms with van der Waals surface area (Å²) in [6.07, 6.45) is 1.59. The van der Waals surface area contributed by atoms with Crippen LogP contribution in [0.25, 0.3) is 0 Å². The van der Waals surface area contributed by atoms with Gasteiger partial charge in [0.2, 0.25) is 0 Å². The molecule has 19 heavy (non-hydrogen) atoms.